The highest BCUT2D eigenvalue weighted by Gasteiger charge is 2.30. The fourth-order valence-electron chi connectivity index (χ4n) is 3.63. The topological polar surface area (TPSA) is 12.0 Å². The van der Waals surface area contributed by atoms with Crippen LogP contribution in [0.15, 0.2) is 24.3 Å². The summed E-state index contributed by atoms with van der Waals surface area (Å²) in [6, 6.07) is 8.08. The molecule has 0 heterocycles. The van der Waals surface area contributed by atoms with Gasteiger partial charge in [0, 0.05) is 6.04 Å². The van der Waals surface area contributed by atoms with E-state index in [2.05, 4.69) is 12.2 Å². The largest absolute Gasteiger partial charge is 0.314 e. The van der Waals surface area contributed by atoms with Crippen LogP contribution >= 0.6 is 0 Å². The number of hydrogen-bond donors (Lipinski definition) is 1. The molecule has 0 amide bonds. The Morgan fingerprint density at radius 1 is 1.10 bits per heavy atom. The van der Waals surface area contributed by atoms with Crippen molar-refractivity contribution in [2.75, 3.05) is 6.54 Å². The Hall–Kier alpha value is -0.890. The minimum Gasteiger partial charge on any atom is -0.314 e. The quantitative estimate of drug-likeness (QED) is 0.850. The molecule has 3 atom stereocenters. The van der Waals surface area contributed by atoms with Crippen molar-refractivity contribution >= 4 is 0 Å². The number of benzene rings is 1. The van der Waals surface area contributed by atoms with Gasteiger partial charge < -0.3 is 5.32 Å². The van der Waals surface area contributed by atoms with Gasteiger partial charge in [-0.15, -0.1) is 0 Å². The van der Waals surface area contributed by atoms with Crippen molar-refractivity contribution in [1.82, 2.24) is 5.32 Å². The molecule has 20 heavy (non-hydrogen) atoms. The van der Waals surface area contributed by atoms with E-state index in [1.807, 2.05) is 12.1 Å². The molecule has 110 valence electrons. The first kappa shape index (κ1) is 14.1. The highest BCUT2D eigenvalue weighted by atomic mass is 19.1. The second kappa shape index (κ2) is 6.26. The maximum Gasteiger partial charge on any atom is 0.126 e. The molecule has 1 aromatic rings. The SMILES string of the molecule is CC1CCC(CNC2CC2)C(Cc2ccccc2F)C1. The van der Waals surface area contributed by atoms with Gasteiger partial charge in [-0.3, -0.25) is 0 Å². The number of rotatable bonds is 5. The van der Waals surface area contributed by atoms with Gasteiger partial charge >= 0.3 is 0 Å². The molecule has 0 radical (unpaired) electrons. The smallest absolute Gasteiger partial charge is 0.126 e. The van der Waals surface area contributed by atoms with Crippen molar-refractivity contribution in [1.29, 1.82) is 0 Å². The summed E-state index contributed by atoms with van der Waals surface area (Å²) in [7, 11) is 0. The van der Waals surface area contributed by atoms with Crippen molar-refractivity contribution < 1.29 is 4.39 Å². The summed E-state index contributed by atoms with van der Waals surface area (Å²) in [4.78, 5) is 0. The summed E-state index contributed by atoms with van der Waals surface area (Å²) in [5, 5.41) is 3.68. The van der Waals surface area contributed by atoms with Gasteiger partial charge in [0.2, 0.25) is 0 Å². The van der Waals surface area contributed by atoms with Crippen molar-refractivity contribution in [3.05, 3.63) is 35.6 Å². The molecule has 2 aliphatic carbocycles. The first-order valence-electron chi connectivity index (χ1n) is 8.19. The van der Waals surface area contributed by atoms with Crippen LogP contribution in [0.3, 0.4) is 0 Å². The van der Waals surface area contributed by atoms with E-state index in [1.54, 1.807) is 12.1 Å². The lowest BCUT2D eigenvalue weighted by Gasteiger charge is -2.35. The van der Waals surface area contributed by atoms with E-state index >= 15 is 0 Å². The molecule has 1 aromatic carbocycles. The van der Waals surface area contributed by atoms with Gasteiger partial charge in [-0.25, -0.2) is 4.39 Å². The molecule has 0 saturated heterocycles. The lowest BCUT2D eigenvalue weighted by atomic mass is 9.72. The van der Waals surface area contributed by atoms with Crippen LogP contribution in [0, 0.1) is 23.6 Å². The molecule has 3 rings (SSSR count). The molecule has 3 unspecified atom stereocenters. The maximum atomic E-state index is 13.9. The fraction of sp³-hybridized carbons (Fsp3) is 0.667. The maximum absolute atomic E-state index is 13.9. The first-order valence-corrected chi connectivity index (χ1v) is 8.19. The van der Waals surface area contributed by atoms with E-state index in [1.165, 1.54) is 32.1 Å². The zero-order valence-electron chi connectivity index (χ0n) is 12.4. The molecule has 0 spiro atoms. The molecule has 2 fully saturated rings. The Morgan fingerprint density at radius 2 is 1.90 bits per heavy atom. The second-order valence-electron chi connectivity index (χ2n) is 6.92. The van der Waals surface area contributed by atoms with Gasteiger partial charge in [-0.2, -0.15) is 0 Å². The molecule has 1 N–H and O–H groups in total. The van der Waals surface area contributed by atoms with Crippen LogP contribution in [0.5, 0.6) is 0 Å². The molecule has 2 saturated carbocycles. The van der Waals surface area contributed by atoms with Crippen LogP contribution in [-0.4, -0.2) is 12.6 Å². The van der Waals surface area contributed by atoms with E-state index in [0.29, 0.717) is 5.92 Å². The number of halogens is 1. The predicted molar refractivity (Wildman–Crippen MR) is 81.1 cm³/mol. The third-order valence-electron chi connectivity index (χ3n) is 5.09. The number of hydrogen-bond acceptors (Lipinski definition) is 1. The van der Waals surface area contributed by atoms with E-state index in [-0.39, 0.29) is 5.82 Å². The number of nitrogens with one attached hydrogen (secondary N) is 1. The van der Waals surface area contributed by atoms with E-state index in [4.69, 9.17) is 0 Å². The molecule has 2 heteroatoms. The van der Waals surface area contributed by atoms with Gasteiger partial charge in [0.1, 0.15) is 5.82 Å². The Labute approximate surface area is 122 Å². The summed E-state index contributed by atoms with van der Waals surface area (Å²) >= 11 is 0. The third kappa shape index (κ3) is 3.60. The van der Waals surface area contributed by atoms with Crippen LogP contribution in [-0.2, 0) is 6.42 Å². The minimum absolute atomic E-state index is 0.0281. The molecular formula is C18H26FN. The standard InChI is InChI=1S/C18H26FN/c1-13-6-7-15(12-20-17-8-9-17)16(10-13)11-14-4-2-3-5-18(14)19/h2-5,13,15-17,20H,6-12H2,1H3. The van der Waals surface area contributed by atoms with Crippen molar-refractivity contribution in [3.63, 3.8) is 0 Å². The van der Waals surface area contributed by atoms with Crippen LogP contribution in [0.1, 0.15) is 44.6 Å². The molecule has 0 bridgehead atoms. The van der Waals surface area contributed by atoms with Crippen LogP contribution in [0.2, 0.25) is 0 Å². The first-order chi connectivity index (χ1) is 9.72. The lowest BCUT2D eigenvalue weighted by molar-refractivity contribution is 0.182. The summed E-state index contributed by atoms with van der Waals surface area (Å²) in [5.41, 5.74) is 0.906. The summed E-state index contributed by atoms with van der Waals surface area (Å²) in [6.07, 6.45) is 7.51. The highest BCUT2D eigenvalue weighted by Crippen LogP contribution is 2.36. The Kier molecular flexibility index (Phi) is 4.40. The normalized spacial score (nSPS) is 30.4. The Morgan fingerprint density at radius 3 is 2.65 bits per heavy atom. The fourth-order valence-corrected chi connectivity index (χ4v) is 3.63. The van der Waals surface area contributed by atoms with Crippen LogP contribution < -0.4 is 5.32 Å². The van der Waals surface area contributed by atoms with Gasteiger partial charge in [-0.1, -0.05) is 31.5 Å². The molecule has 0 aliphatic heterocycles. The molecule has 0 aromatic heterocycles. The second-order valence-corrected chi connectivity index (χ2v) is 6.92. The van der Waals surface area contributed by atoms with Crippen molar-refractivity contribution in [3.8, 4) is 0 Å². The lowest BCUT2D eigenvalue weighted by Crippen LogP contribution is -2.34. The monoisotopic (exact) mass is 275 g/mol. The molecule has 2 aliphatic rings. The summed E-state index contributed by atoms with van der Waals surface area (Å²) in [6.45, 7) is 3.48. The predicted octanol–water partition coefficient (Wildman–Crippen LogP) is 4.17. The average molecular weight is 275 g/mol. The Balaban J connectivity index is 1.64. The van der Waals surface area contributed by atoms with Gasteiger partial charge in [0.25, 0.3) is 0 Å². The van der Waals surface area contributed by atoms with E-state index in [9.17, 15) is 4.39 Å². The van der Waals surface area contributed by atoms with Gasteiger partial charge in [-0.05, 0) is 68.0 Å². The summed E-state index contributed by atoms with van der Waals surface area (Å²) < 4.78 is 13.9. The van der Waals surface area contributed by atoms with Crippen molar-refractivity contribution in [2.45, 2.75) is 51.5 Å². The molecule has 1 nitrogen and oxygen atoms in total. The molecular weight excluding hydrogens is 249 g/mol. The van der Waals surface area contributed by atoms with Gasteiger partial charge in [0.15, 0.2) is 0 Å². The van der Waals surface area contributed by atoms with E-state index in [0.717, 1.165) is 36.4 Å². The van der Waals surface area contributed by atoms with E-state index < -0.39 is 0 Å². The average Bonchev–Trinajstić information content (AvgIpc) is 3.25. The third-order valence-corrected chi connectivity index (χ3v) is 5.09. The van der Waals surface area contributed by atoms with Gasteiger partial charge in [0.05, 0.1) is 0 Å². The zero-order valence-corrected chi connectivity index (χ0v) is 12.4. The van der Waals surface area contributed by atoms with Crippen LogP contribution in [0.25, 0.3) is 0 Å². The minimum atomic E-state index is -0.0281. The highest BCUT2D eigenvalue weighted by molar-refractivity contribution is 5.18. The summed E-state index contributed by atoms with van der Waals surface area (Å²) in [5.74, 6) is 2.14. The Bertz CT molecular complexity index is 441. The van der Waals surface area contributed by atoms with Crippen LogP contribution in [0.4, 0.5) is 4.39 Å². The van der Waals surface area contributed by atoms with Crippen molar-refractivity contribution in [2.24, 2.45) is 17.8 Å². The zero-order chi connectivity index (χ0) is 13.9.